The molecule has 1 aliphatic rings. The average Bonchev–Trinajstić information content (AvgIpc) is 2.99. The van der Waals surface area contributed by atoms with Gasteiger partial charge in [0.25, 0.3) is 5.91 Å². The van der Waals surface area contributed by atoms with Crippen molar-refractivity contribution in [2.45, 2.75) is 5.92 Å². The molecule has 126 valence electrons. The third kappa shape index (κ3) is 3.21. The van der Waals surface area contributed by atoms with E-state index in [0.29, 0.717) is 19.6 Å². The summed E-state index contributed by atoms with van der Waals surface area (Å²) in [5.41, 5.74) is 6.42. The van der Waals surface area contributed by atoms with Gasteiger partial charge in [0, 0.05) is 23.5 Å². The molecule has 0 aliphatic carbocycles. The van der Waals surface area contributed by atoms with Crippen molar-refractivity contribution in [1.29, 1.82) is 0 Å². The Morgan fingerprint density at radius 3 is 2.38 bits per heavy atom. The fourth-order valence-corrected chi connectivity index (χ4v) is 3.66. The molecule has 3 nitrogen and oxygen atoms in total. The van der Waals surface area contributed by atoms with Gasteiger partial charge in [-0.3, -0.25) is 4.79 Å². The highest BCUT2D eigenvalue weighted by Crippen LogP contribution is 2.33. The molecular formula is C18H17BrF2N2O. The normalized spacial score (nSPS) is 20.4. The maximum atomic E-state index is 14.1. The minimum Gasteiger partial charge on any atom is -0.337 e. The molecule has 0 radical (unpaired) electrons. The molecule has 0 bridgehead atoms. The summed E-state index contributed by atoms with van der Waals surface area (Å²) in [6.45, 7) is 1.21. The molecule has 1 aliphatic heterocycles. The molecule has 2 N–H and O–H groups in total. The molecular weight excluding hydrogens is 378 g/mol. The second-order valence-electron chi connectivity index (χ2n) is 5.97. The maximum absolute atomic E-state index is 14.1. The third-order valence-corrected chi connectivity index (χ3v) is 4.94. The van der Waals surface area contributed by atoms with Crippen molar-refractivity contribution in [3.8, 4) is 0 Å². The average molecular weight is 395 g/mol. The number of likely N-dealkylation sites (tertiary alicyclic amines) is 1. The van der Waals surface area contributed by atoms with Gasteiger partial charge in [-0.05, 0) is 30.2 Å². The van der Waals surface area contributed by atoms with Crippen molar-refractivity contribution in [3.05, 3.63) is 69.7 Å². The summed E-state index contributed by atoms with van der Waals surface area (Å²) in [6, 6.07) is 12.0. The predicted octanol–water partition coefficient (Wildman–Crippen LogP) is 3.54. The van der Waals surface area contributed by atoms with Gasteiger partial charge >= 0.3 is 0 Å². The minimum absolute atomic E-state index is 0.0675. The van der Waals surface area contributed by atoms with E-state index >= 15 is 0 Å². The summed E-state index contributed by atoms with van der Waals surface area (Å²) in [6.07, 6.45) is 0. The summed E-state index contributed by atoms with van der Waals surface area (Å²) in [5, 5.41) is 0. The van der Waals surface area contributed by atoms with Gasteiger partial charge in [0.2, 0.25) is 0 Å². The molecule has 2 aromatic carbocycles. The predicted molar refractivity (Wildman–Crippen MR) is 91.7 cm³/mol. The second kappa shape index (κ2) is 6.99. The van der Waals surface area contributed by atoms with Crippen molar-refractivity contribution < 1.29 is 13.6 Å². The zero-order valence-electron chi connectivity index (χ0n) is 12.9. The van der Waals surface area contributed by atoms with E-state index in [9.17, 15) is 13.6 Å². The molecule has 1 saturated heterocycles. The van der Waals surface area contributed by atoms with Crippen LogP contribution in [0, 0.1) is 17.6 Å². The van der Waals surface area contributed by atoms with Gasteiger partial charge in [-0.1, -0.05) is 46.3 Å². The Hall–Kier alpha value is -1.79. The Morgan fingerprint density at radius 1 is 1.17 bits per heavy atom. The fourth-order valence-electron chi connectivity index (χ4n) is 3.26. The number of nitrogens with zero attached hydrogens (tertiary/aromatic N) is 1. The van der Waals surface area contributed by atoms with Crippen molar-refractivity contribution in [3.63, 3.8) is 0 Å². The van der Waals surface area contributed by atoms with Gasteiger partial charge in [0.1, 0.15) is 17.2 Å². The van der Waals surface area contributed by atoms with Gasteiger partial charge in [0.05, 0.1) is 0 Å². The first kappa shape index (κ1) is 17.0. The number of carbonyl (C=O) groups excluding carboxylic acids is 1. The second-order valence-corrected chi connectivity index (χ2v) is 6.88. The molecule has 2 atom stereocenters. The van der Waals surface area contributed by atoms with Crippen LogP contribution in [0.5, 0.6) is 0 Å². The number of hydrogen-bond donors (Lipinski definition) is 1. The van der Waals surface area contributed by atoms with Crippen LogP contribution in [0.15, 0.2) is 46.9 Å². The first-order valence-electron chi connectivity index (χ1n) is 7.70. The van der Waals surface area contributed by atoms with Crippen LogP contribution in [0.3, 0.4) is 0 Å². The smallest absolute Gasteiger partial charge is 0.259 e. The van der Waals surface area contributed by atoms with Crippen LogP contribution in [-0.2, 0) is 0 Å². The molecule has 0 saturated carbocycles. The SMILES string of the molecule is NC[C@@H]1CN(C(=O)c2c(F)cc(Br)cc2F)C[C@H]1c1ccccc1. The largest absolute Gasteiger partial charge is 0.337 e. The lowest BCUT2D eigenvalue weighted by Gasteiger charge is -2.17. The van der Waals surface area contributed by atoms with E-state index in [1.165, 1.54) is 4.90 Å². The van der Waals surface area contributed by atoms with E-state index in [4.69, 9.17) is 5.73 Å². The topological polar surface area (TPSA) is 46.3 Å². The van der Waals surface area contributed by atoms with Crippen LogP contribution in [0.1, 0.15) is 21.8 Å². The van der Waals surface area contributed by atoms with E-state index < -0.39 is 23.1 Å². The molecule has 0 spiro atoms. The fraction of sp³-hybridized carbons (Fsp3) is 0.278. The molecule has 3 rings (SSSR count). The highest BCUT2D eigenvalue weighted by molar-refractivity contribution is 9.10. The van der Waals surface area contributed by atoms with Crippen LogP contribution >= 0.6 is 15.9 Å². The quantitative estimate of drug-likeness (QED) is 0.864. The van der Waals surface area contributed by atoms with Crippen molar-refractivity contribution in [1.82, 2.24) is 4.90 Å². The van der Waals surface area contributed by atoms with E-state index in [-0.39, 0.29) is 16.3 Å². The Balaban J connectivity index is 1.87. The molecule has 0 aromatic heterocycles. The van der Waals surface area contributed by atoms with Gasteiger partial charge < -0.3 is 10.6 Å². The van der Waals surface area contributed by atoms with Crippen LogP contribution in [-0.4, -0.2) is 30.4 Å². The van der Waals surface area contributed by atoms with Crippen molar-refractivity contribution in [2.75, 3.05) is 19.6 Å². The minimum atomic E-state index is -0.862. The first-order chi connectivity index (χ1) is 11.5. The van der Waals surface area contributed by atoms with E-state index in [2.05, 4.69) is 15.9 Å². The lowest BCUT2D eigenvalue weighted by molar-refractivity contribution is 0.0776. The molecule has 1 fully saturated rings. The molecule has 1 heterocycles. The summed E-state index contributed by atoms with van der Waals surface area (Å²) in [7, 11) is 0. The standard InChI is InChI=1S/C18H17BrF2N2O/c19-13-6-15(20)17(16(21)7-13)18(24)23-9-12(8-22)14(10-23)11-4-2-1-3-5-11/h1-7,12,14H,8-10,22H2/t12-,14+/m1/s1. The van der Waals surface area contributed by atoms with Crippen LogP contribution in [0.25, 0.3) is 0 Å². The monoisotopic (exact) mass is 394 g/mol. The Bertz CT molecular complexity index is 731. The van der Waals surface area contributed by atoms with Crippen molar-refractivity contribution in [2.24, 2.45) is 11.7 Å². The van der Waals surface area contributed by atoms with Gasteiger partial charge in [-0.2, -0.15) is 0 Å². The Kier molecular flexibility index (Phi) is 4.96. The Labute approximate surface area is 147 Å². The number of benzene rings is 2. The van der Waals surface area contributed by atoms with Gasteiger partial charge in [-0.15, -0.1) is 0 Å². The summed E-state index contributed by atoms with van der Waals surface area (Å²) < 4.78 is 28.4. The zero-order valence-corrected chi connectivity index (χ0v) is 14.5. The summed E-state index contributed by atoms with van der Waals surface area (Å²) >= 11 is 3.02. The molecule has 24 heavy (non-hydrogen) atoms. The van der Waals surface area contributed by atoms with E-state index in [0.717, 1.165) is 17.7 Å². The highest BCUT2D eigenvalue weighted by Gasteiger charge is 2.37. The molecule has 6 heteroatoms. The number of amides is 1. The van der Waals surface area contributed by atoms with Gasteiger partial charge in [-0.25, -0.2) is 8.78 Å². The summed E-state index contributed by atoms with van der Waals surface area (Å²) in [4.78, 5) is 14.1. The lowest BCUT2D eigenvalue weighted by Crippen LogP contribution is -2.31. The van der Waals surface area contributed by atoms with E-state index in [1.807, 2.05) is 30.3 Å². The van der Waals surface area contributed by atoms with Crippen LogP contribution in [0.4, 0.5) is 8.78 Å². The number of carbonyl (C=O) groups is 1. The van der Waals surface area contributed by atoms with E-state index in [1.54, 1.807) is 0 Å². The molecule has 0 unspecified atom stereocenters. The van der Waals surface area contributed by atoms with Crippen LogP contribution < -0.4 is 5.73 Å². The summed E-state index contributed by atoms with van der Waals surface area (Å²) in [5.74, 6) is -2.22. The van der Waals surface area contributed by atoms with Crippen LogP contribution in [0.2, 0.25) is 0 Å². The lowest BCUT2D eigenvalue weighted by atomic mass is 9.89. The Morgan fingerprint density at radius 2 is 1.79 bits per heavy atom. The number of nitrogens with two attached hydrogens (primary N) is 1. The number of rotatable bonds is 3. The van der Waals surface area contributed by atoms with Gasteiger partial charge in [0.15, 0.2) is 0 Å². The molecule has 2 aromatic rings. The third-order valence-electron chi connectivity index (χ3n) is 4.48. The maximum Gasteiger partial charge on any atom is 0.259 e. The number of hydrogen-bond acceptors (Lipinski definition) is 2. The highest BCUT2D eigenvalue weighted by atomic mass is 79.9. The zero-order chi connectivity index (χ0) is 17.3. The van der Waals surface area contributed by atoms with Crippen molar-refractivity contribution >= 4 is 21.8 Å². The number of halogens is 3. The molecule has 1 amide bonds. The first-order valence-corrected chi connectivity index (χ1v) is 8.49.